The normalized spacial score (nSPS) is 12.8. The molecule has 0 aromatic rings. The first-order chi connectivity index (χ1) is 6.50. The molecule has 0 saturated heterocycles. The summed E-state index contributed by atoms with van der Waals surface area (Å²) >= 11 is 0. The Morgan fingerprint density at radius 3 is 2.14 bits per heavy atom. The number of nitrogens with zero attached hydrogens (tertiary/aromatic N) is 1. The monoisotopic (exact) mass is 198 g/mol. The molecule has 0 aliphatic carbocycles. The lowest BCUT2D eigenvalue weighted by molar-refractivity contribution is -0.120. The fourth-order valence-corrected chi connectivity index (χ4v) is 1.12. The number of nitrogens with one attached hydrogen (secondary N) is 1. The third-order valence-corrected chi connectivity index (χ3v) is 3.10. The molecule has 3 heteroatoms. The summed E-state index contributed by atoms with van der Waals surface area (Å²) in [6.45, 7) is 10.3. The van der Waals surface area contributed by atoms with Crippen LogP contribution in [0, 0.1) is 5.41 Å². The van der Waals surface area contributed by atoms with Crippen molar-refractivity contribution >= 4 is 11.6 Å². The number of hydrogen-bond donors (Lipinski definition) is 1. The number of carbonyl (C=O) groups excluding carboxylic acids is 1. The molecule has 1 N–H and O–H groups in total. The van der Waals surface area contributed by atoms with Crippen LogP contribution in [0.5, 0.6) is 0 Å². The van der Waals surface area contributed by atoms with Gasteiger partial charge in [0.2, 0.25) is 5.91 Å². The number of rotatable bonds is 5. The second kappa shape index (κ2) is 5.78. The van der Waals surface area contributed by atoms with Gasteiger partial charge in [-0.05, 0) is 19.8 Å². The zero-order chi connectivity index (χ0) is 11.2. The van der Waals surface area contributed by atoms with Gasteiger partial charge < -0.3 is 0 Å². The highest BCUT2D eigenvalue weighted by atomic mass is 16.2. The van der Waals surface area contributed by atoms with Crippen LogP contribution in [0.2, 0.25) is 0 Å². The van der Waals surface area contributed by atoms with Crippen molar-refractivity contribution in [1.82, 2.24) is 5.43 Å². The van der Waals surface area contributed by atoms with Gasteiger partial charge in [0.15, 0.2) is 0 Å². The van der Waals surface area contributed by atoms with E-state index in [1.165, 1.54) is 0 Å². The largest absolute Gasteiger partial charge is 0.273 e. The van der Waals surface area contributed by atoms with E-state index in [4.69, 9.17) is 0 Å². The minimum atomic E-state index is -0.0288. The van der Waals surface area contributed by atoms with E-state index in [0.717, 1.165) is 18.6 Å². The van der Waals surface area contributed by atoms with Crippen molar-refractivity contribution in [1.29, 1.82) is 0 Å². The van der Waals surface area contributed by atoms with Crippen molar-refractivity contribution in [2.75, 3.05) is 0 Å². The number of hydrazone groups is 1. The maximum absolute atomic E-state index is 11.0. The average molecular weight is 198 g/mol. The van der Waals surface area contributed by atoms with Crippen LogP contribution in [-0.2, 0) is 4.79 Å². The molecule has 0 aliphatic rings. The van der Waals surface area contributed by atoms with Gasteiger partial charge in [0.25, 0.3) is 0 Å². The fraction of sp³-hybridized carbons (Fsp3) is 0.818. The molecule has 3 nitrogen and oxygen atoms in total. The third-order valence-electron chi connectivity index (χ3n) is 3.10. The van der Waals surface area contributed by atoms with Crippen molar-refractivity contribution in [3.05, 3.63) is 0 Å². The standard InChI is InChI=1S/C11H22N2O/c1-6-10(14)13-12-9(4)11(5,7-2)8-3/h6-8H2,1-5H3,(H,13,14)/b12-9+. The first-order valence-electron chi connectivity index (χ1n) is 5.33. The summed E-state index contributed by atoms with van der Waals surface area (Å²) in [6.07, 6.45) is 2.56. The van der Waals surface area contributed by atoms with Crippen LogP contribution >= 0.6 is 0 Å². The summed E-state index contributed by atoms with van der Waals surface area (Å²) < 4.78 is 0. The lowest BCUT2D eigenvalue weighted by Crippen LogP contribution is -2.27. The number of amides is 1. The second-order valence-electron chi connectivity index (χ2n) is 3.85. The Hall–Kier alpha value is -0.860. The number of hydrogen-bond acceptors (Lipinski definition) is 2. The number of carbonyl (C=O) groups is 1. The third kappa shape index (κ3) is 3.48. The second-order valence-corrected chi connectivity index (χ2v) is 3.85. The molecule has 0 fully saturated rings. The maximum atomic E-state index is 11.0. The Balaban J connectivity index is 4.42. The molecule has 0 radical (unpaired) electrons. The lowest BCUT2D eigenvalue weighted by Gasteiger charge is -2.26. The summed E-state index contributed by atoms with van der Waals surface area (Å²) in [6, 6.07) is 0. The molecule has 0 aromatic carbocycles. The zero-order valence-corrected chi connectivity index (χ0v) is 9.98. The maximum Gasteiger partial charge on any atom is 0.239 e. The summed E-state index contributed by atoms with van der Waals surface area (Å²) in [4.78, 5) is 11.0. The zero-order valence-electron chi connectivity index (χ0n) is 9.98. The first-order valence-corrected chi connectivity index (χ1v) is 5.33. The molecular weight excluding hydrogens is 176 g/mol. The fourth-order valence-electron chi connectivity index (χ4n) is 1.12. The Kier molecular flexibility index (Phi) is 5.43. The van der Waals surface area contributed by atoms with Crippen molar-refractivity contribution < 1.29 is 4.79 Å². The van der Waals surface area contributed by atoms with Gasteiger partial charge in [-0.1, -0.05) is 27.7 Å². The Morgan fingerprint density at radius 1 is 1.29 bits per heavy atom. The van der Waals surface area contributed by atoms with Crippen LogP contribution in [0.25, 0.3) is 0 Å². The molecule has 0 aliphatic heterocycles. The van der Waals surface area contributed by atoms with E-state index in [2.05, 4.69) is 31.3 Å². The molecule has 0 saturated carbocycles. The van der Waals surface area contributed by atoms with Crippen LogP contribution in [-0.4, -0.2) is 11.6 Å². The SMILES string of the molecule is CCC(=O)N/N=C(\C)C(C)(CC)CC. The van der Waals surface area contributed by atoms with E-state index in [-0.39, 0.29) is 11.3 Å². The smallest absolute Gasteiger partial charge is 0.239 e. The van der Waals surface area contributed by atoms with Crippen molar-refractivity contribution in [3.8, 4) is 0 Å². The van der Waals surface area contributed by atoms with Gasteiger partial charge in [-0.25, -0.2) is 5.43 Å². The summed E-state index contributed by atoms with van der Waals surface area (Å²) in [7, 11) is 0. The predicted molar refractivity (Wildman–Crippen MR) is 60.2 cm³/mol. The minimum absolute atomic E-state index is 0.0288. The molecule has 14 heavy (non-hydrogen) atoms. The molecule has 0 aromatic heterocycles. The van der Waals surface area contributed by atoms with Gasteiger partial charge >= 0.3 is 0 Å². The van der Waals surface area contributed by atoms with E-state index in [9.17, 15) is 4.79 Å². The van der Waals surface area contributed by atoms with E-state index in [0.29, 0.717) is 6.42 Å². The lowest BCUT2D eigenvalue weighted by atomic mass is 9.80. The average Bonchev–Trinajstić information content (AvgIpc) is 2.23. The Labute approximate surface area is 87.0 Å². The highest BCUT2D eigenvalue weighted by Gasteiger charge is 2.23. The van der Waals surface area contributed by atoms with Gasteiger partial charge in [0.05, 0.1) is 0 Å². The Bertz CT molecular complexity index is 217. The molecule has 0 bridgehead atoms. The highest BCUT2D eigenvalue weighted by Crippen LogP contribution is 2.26. The summed E-state index contributed by atoms with van der Waals surface area (Å²) in [5.74, 6) is -0.0288. The van der Waals surface area contributed by atoms with Gasteiger partial charge in [0.1, 0.15) is 0 Å². The van der Waals surface area contributed by atoms with Crippen LogP contribution in [0.4, 0.5) is 0 Å². The predicted octanol–water partition coefficient (Wildman–Crippen LogP) is 2.71. The molecule has 0 heterocycles. The Morgan fingerprint density at radius 2 is 1.79 bits per heavy atom. The molecule has 0 unspecified atom stereocenters. The quantitative estimate of drug-likeness (QED) is 0.535. The summed E-state index contributed by atoms with van der Waals surface area (Å²) in [5, 5.41) is 4.13. The molecule has 0 spiro atoms. The van der Waals surface area contributed by atoms with E-state index >= 15 is 0 Å². The van der Waals surface area contributed by atoms with Crippen molar-refractivity contribution in [3.63, 3.8) is 0 Å². The first kappa shape index (κ1) is 13.1. The van der Waals surface area contributed by atoms with Gasteiger partial charge in [-0.3, -0.25) is 4.79 Å². The minimum Gasteiger partial charge on any atom is -0.273 e. The van der Waals surface area contributed by atoms with Crippen molar-refractivity contribution in [2.45, 2.75) is 53.9 Å². The topological polar surface area (TPSA) is 41.5 Å². The van der Waals surface area contributed by atoms with Crippen LogP contribution in [0.1, 0.15) is 53.9 Å². The van der Waals surface area contributed by atoms with Crippen molar-refractivity contribution in [2.24, 2.45) is 10.5 Å². The van der Waals surface area contributed by atoms with Gasteiger partial charge in [0, 0.05) is 17.5 Å². The molecule has 0 rings (SSSR count). The molecule has 0 atom stereocenters. The van der Waals surface area contributed by atoms with E-state index in [1.54, 1.807) is 0 Å². The van der Waals surface area contributed by atoms with Crippen LogP contribution in [0.15, 0.2) is 5.10 Å². The van der Waals surface area contributed by atoms with Gasteiger partial charge in [-0.2, -0.15) is 5.10 Å². The van der Waals surface area contributed by atoms with Crippen LogP contribution < -0.4 is 5.43 Å². The van der Waals surface area contributed by atoms with E-state index < -0.39 is 0 Å². The molecular formula is C11H22N2O. The highest BCUT2D eigenvalue weighted by molar-refractivity contribution is 5.88. The van der Waals surface area contributed by atoms with Crippen LogP contribution in [0.3, 0.4) is 0 Å². The van der Waals surface area contributed by atoms with E-state index in [1.807, 2.05) is 13.8 Å². The summed E-state index contributed by atoms with van der Waals surface area (Å²) in [5.41, 5.74) is 3.67. The molecule has 1 amide bonds. The molecule has 82 valence electrons. The van der Waals surface area contributed by atoms with Gasteiger partial charge in [-0.15, -0.1) is 0 Å².